The maximum atomic E-state index is 12.6. The van der Waals surface area contributed by atoms with Gasteiger partial charge in [-0.15, -0.1) is 11.3 Å². The molecule has 20 heavy (non-hydrogen) atoms. The molecule has 2 N–H and O–H groups in total. The summed E-state index contributed by atoms with van der Waals surface area (Å²) in [5.41, 5.74) is 7.03. The van der Waals surface area contributed by atoms with Crippen molar-refractivity contribution in [3.8, 4) is 0 Å². The zero-order chi connectivity index (χ0) is 14.7. The average molecular weight is 312 g/mol. The first-order valence-electron chi connectivity index (χ1n) is 6.54. The number of anilines is 1. The molecule has 2 rings (SSSR count). The van der Waals surface area contributed by atoms with Gasteiger partial charge in [-0.05, 0) is 32.0 Å². The third-order valence-electron chi connectivity index (χ3n) is 3.12. The Morgan fingerprint density at radius 3 is 2.75 bits per heavy atom. The van der Waals surface area contributed by atoms with Crippen LogP contribution in [0.4, 0.5) is 5.69 Å². The first-order chi connectivity index (χ1) is 9.55. The van der Waals surface area contributed by atoms with E-state index in [1.54, 1.807) is 17.2 Å². The summed E-state index contributed by atoms with van der Waals surface area (Å²) in [6.07, 6.45) is 1.79. The third kappa shape index (κ3) is 3.16. The lowest BCUT2D eigenvalue weighted by atomic mass is 10.3. The number of aromatic nitrogens is 1. The number of carbonyl (C=O) groups excluding carboxylic acids is 1. The van der Waals surface area contributed by atoms with E-state index in [1.165, 1.54) is 11.3 Å². The fraction of sp³-hybridized carbons (Fsp3) is 0.357. The standard InChI is InChI=1S/C14H18ClN3OS/c1-3-17-8-10(16)7-12(17)14(19)18(4-2)9-11-5-6-13(15)20-11/h5-8H,3-4,9,16H2,1-2H3. The van der Waals surface area contributed by atoms with Crippen LogP contribution in [0.15, 0.2) is 24.4 Å². The quantitative estimate of drug-likeness (QED) is 0.919. The Balaban J connectivity index is 2.20. The summed E-state index contributed by atoms with van der Waals surface area (Å²) in [5.74, 6) is -0.00410. The molecular formula is C14H18ClN3OS. The largest absolute Gasteiger partial charge is 0.397 e. The van der Waals surface area contributed by atoms with Crippen LogP contribution in [0, 0.1) is 0 Å². The Bertz CT molecular complexity index is 605. The van der Waals surface area contributed by atoms with E-state index in [0.29, 0.717) is 24.5 Å². The molecule has 1 amide bonds. The van der Waals surface area contributed by atoms with Gasteiger partial charge in [-0.2, -0.15) is 0 Å². The van der Waals surface area contributed by atoms with Crippen molar-refractivity contribution in [1.82, 2.24) is 9.47 Å². The summed E-state index contributed by atoms with van der Waals surface area (Å²) in [7, 11) is 0. The Morgan fingerprint density at radius 1 is 1.45 bits per heavy atom. The normalized spacial score (nSPS) is 10.8. The molecule has 0 radical (unpaired) electrons. The number of halogens is 1. The number of carbonyl (C=O) groups is 1. The molecule has 0 aromatic carbocycles. The number of rotatable bonds is 5. The minimum absolute atomic E-state index is 0.00410. The molecule has 0 fully saturated rings. The van der Waals surface area contributed by atoms with Crippen LogP contribution in [0.5, 0.6) is 0 Å². The van der Waals surface area contributed by atoms with E-state index in [0.717, 1.165) is 15.8 Å². The second-order valence-corrected chi connectivity index (χ2v) is 6.27. The van der Waals surface area contributed by atoms with E-state index in [9.17, 15) is 4.79 Å². The third-order valence-corrected chi connectivity index (χ3v) is 4.34. The number of nitrogen functional groups attached to an aromatic ring is 1. The zero-order valence-electron chi connectivity index (χ0n) is 11.6. The smallest absolute Gasteiger partial charge is 0.270 e. The second kappa shape index (κ2) is 6.33. The molecule has 2 aromatic rings. The van der Waals surface area contributed by atoms with Crippen molar-refractivity contribution in [2.75, 3.05) is 12.3 Å². The van der Waals surface area contributed by atoms with Gasteiger partial charge >= 0.3 is 0 Å². The van der Waals surface area contributed by atoms with Crippen molar-refractivity contribution in [3.63, 3.8) is 0 Å². The fourth-order valence-corrected chi connectivity index (χ4v) is 3.19. The van der Waals surface area contributed by atoms with E-state index >= 15 is 0 Å². The second-order valence-electron chi connectivity index (χ2n) is 4.47. The molecule has 6 heteroatoms. The van der Waals surface area contributed by atoms with Crippen molar-refractivity contribution in [2.45, 2.75) is 26.9 Å². The minimum atomic E-state index is -0.00410. The molecule has 0 bridgehead atoms. The molecule has 0 saturated heterocycles. The fourth-order valence-electron chi connectivity index (χ4n) is 2.09. The molecule has 2 aromatic heterocycles. The SMILES string of the molecule is CCN(Cc1ccc(Cl)s1)C(=O)c1cc(N)cn1CC. The summed E-state index contributed by atoms with van der Waals surface area (Å²) in [6.45, 7) is 5.90. The van der Waals surface area contributed by atoms with E-state index in [-0.39, 0.29) is 5.91 Å². The summed E-state index contributed by atoms with van der Waals surface area (Å²) in [5, 5.41) is 0. The summed E-state index contributed by atoms with van der Waals surface area (Å²) >= 11 is 7.43. The van der Waals surface area contributed by atoms with Gasteiger partial charge in [0.1, 0.15) is 5.69 Å². The highest BCUT2D eigenvalue weighted by atomic mass is 35.5. The van der Waals surface area contributed by atoms with Gasteiger partial charge in [-0.25, -0.2) is 0 Å². The number of nitrogens with zero attached hydrogens (tertiary/aromatic N) is 2. The lowest BCUT2D eigenvalue weighted by Gasteiger charge is -2.20. The van der Waals surface area contributed by atoms with E-state index < -0.39 is 0 Å². The number of amides is 1. The molecule has 0 unspecified atom stereocenters. The van der Waals surface area contributed by atoms with Crippen LogP contribution in [0.25, 0.3) is 0 Å². The van der Waals surface area contributed by atoms with Gasteiger partial charge in [0, 0.05) is 24.2 Å². The molecule has 2 heterocycles. The Kier molecular flexibility index (Phi) is 4.73. The molecule has 0 aliphatic carbocycles. The monoisotopic (exact) mass is 311 g/mol. The van der Waals surface area contributed by atoms with Gasteiger partial charge in [0.2, 0.25) is 0 Å². The molecular weight excluding hydrogens is 294 g/mol. The lowest BCUT2D eigenvalue weighted by Crippen LogP contribution is -2.31. The van der Waals surface area contributed by atoms with Crippen molar-refractivity contribution < 1.29 is 4.79 Å². The molecule has 0 saturated carbocycles. The highest BCUT2D eigenvalue weighted by Gasteiger charge is 2.19. The van der Waals surface area contributed by atoms with Crippen LogP contribution in [-0.4, -0.2) is 21.9 Å². The number of hydrogen-bond donors (Lipinski definition) is 1. The van der Waals surface area contributed by atoms with Crippen LogP contribution in [0.2, 0.25) is 4.34 Å². The van der Waals surface area contributed by atoms with Crippen LogP contribution in [0.3, 0.4) is 0 Å². The van der Waals surface area contributed by atoms with Gasteiger partial charge in [0.15, 0.2) is 0 Å². The predicted octanol–water partition coefficient (Wildman–Crippen LogP) is 3.47. The highest BCUT2D eigenvalue weighted by Crippen LogP contribution is 2.23. The van der Waals surface area contributed by atoms with Crippen molar-refractivity contribution >= 4 is 34.5 Å². The van der Waals surface area contributed by atoms with Crippen molar-refractivity contribution in [2.24, 2.45) is 0 Å². The Labute approximate surface area is 127 Å². The van der Waals surface area contributed by atoms with Gasteiger partial charge in [0.05, 0.1) is 16.6 Å². The average Bonchev–Trinajstić information content (AvgIpc) is 3.01. The number of nitrogens with two attached hydrogens (primary N) is 1. The molecule has 4 nitrogen and oxygen atoms in total. The van der Waals surface area contributed by atoms with Crippen molar-refractivity contribution in [3.05, 3.63) is 39.3 Å². The molecule has 0 spiro atoms. The topological polar surface area (TPSA) is 51.3 Å². The maximum absolute atomic E-state index is 12.6. The minimum Gasteiger partial charge on any atom is -0.397 e. The number of aryl methyl sites for hydroxylation is 1. The van der Waals surface area contributed by atoms with Crippen LogP contribution in [0.1, 0.15) is 29.2 Å². The first-order valence-corrected chi connectivity index (χ1v) is 7.73. The summed E-state index contributed by atoms with van der Waals surface area (Å²) in [6, 6.07) is 5.54. The summed E-state index contributed by atoms with van der Waals surface area (Å²) in [4.78, 5) is 15.5. The highest BCUT2D eigenvalue weighted by molar-refractivity contribution is 7.16. The van der Waals surface area contributed by atoms with E-state index in [2.05, 4.69) is 0 Å². The number of thiophene rings is 1. The van der Waals surface area contributed by atoms with Crippen LogP contribution < -0.4 is 5.73 Å². The van der Waals surface area contributed by atoms with E-state index in [4.69, 9.17) is 17.3 Å². The first kappa shape index (κ1) is 14.9. The zero-order valence-corrected chi connectivity index (χ0v) is 13.2. The molecule has 0 aliphatic heterocycles. The van der Waals surface area contributed by atoms with Gasteiger partial charge in [0.25, 0.3) is 5.91 Å². The number of hydrogen-bond acceptors (Lipinski definition) is 3. The van der Waals surface area contributed by atoms with Crippen molar-refractivity contribution in [1.29, 1.82) is 0 Å². The molecule has 0 aliphatic rings. The predicted molar refractivity (Wildman–Crippen MR) is 84.3 cm³/mol. The van der Waals surface area contributed by atoms with Crippen LogP contribution in [-0.2, 0) is 13.1 Å². The molecule has 108 valence electrons. The maximum Gasteiger partial charge on any atom is 0.270 e. The van der Waals surface area contributed by atoms with Gasteiger partial charge in [-0.1, -0.05) is 11.6 Å². The lowest BCUT2D eigenvalue weighted by molar-refractivity contribution is 0.0743. The summed E-state index contributed by atoms with van der Waals surface area (Å²) < 4.78 is 2.62. The Hall–Kier alpha value is -1.46. The van der Waals surface area contributed by atoms with E-state index in [1.807, 2.05) is 30.5 Å². The van der Waals surface area contributed by atoms with Gasteiger partial charge in [-0.3, -0.25) is 4.79 Å². The molecule has 0 atom stereocenters. The van der Waals surface area contributed by atoms with Crippen LogP contribution >= 0.6 is 22.9 Å². The Morgan fingerprint density at radius 2 is 2.20 bits per heavy atom. The van der Waals surface area contributed by atoms with Gasteiger partial charge < -0.3 is 15.2 Å².